The lowest BCUT2D eigenvalue weighted by Gasteiger charge is -2.22. The highest BCUT2D eigenvalue weighted by Crippen LogP contribution is 2.21. The Hall–Kier alpha value is -2.95. The van der Waals surface area contributed by atoms with Gasteiger partial charge in [-0.05, 0) is 43.4 Å². The largest absolute Gasteiger partial charge is 0.466 e. The van der Waals surface area contributed by atoms with E-state index in [1.54, 1.807) is 6.92 Å². The molecule has 2 aromatic rings. The van der Waals surface area contributed by atoms with E-state index in [1.165, 1.54) is 6.92 Å². The fourth-order valence-electron chi connectivity index (χ4n) is 3.34. The predicted molar refractivity (Wildman–Crippen MR) is 118 cm³/mol. The van der Waals surface area contributed by atoms with Crippen LogP contribution in [0.3, 0.4) is 0 Å². The van der Waals surface area contributed by atoms with Gasteiger partial charge in [-0.1, -0.05) is 61.5 Å². The molecule has 1 amide bonds. The standard InChI is InChI=1S/C25H31NO4/c1-4-30-25(29)18(2)16-23(26-24(28)15-10-19(3)27)17-20-11-13-22(14-12-20)21-8-6-5-7-9-21/h5-9,11-14,18,23H,4,10,15-17H2,1-3H3,(H,26,28)/t18-,23?/m1/s1. The number of ether oxygens (including phenoxy) is 1. The third kappa shape index (κ3) is 7.82. The number of benzene rings is 2. The van der Waals surface area contributed by atoms with Crippen LogP contribution in [0.2, 0.25) is 0 Å². The van der Waals surface area contributed by atoms with Crippen LogP contribution in [0.4, 0.5) is 0 Å². The zero-order valence-electron chi connectivity index (χ0n) is 18.0. The highest BCUT2D eigenvalue weighted by Gasteiger charge is 2.22. The van der Waals surface area contributed by atoms with E-state index in [0.29, 0.717) is 19.4 Å². The quantitative estimate of drug-likeness (QED) is 0.561. The maximum atomic E-state index is 12.3. The molecule has 1 unspecified atom stereocenters. The van der Waals surface area contributed by atoms with E-state index in [2.05, 4.69) is 29.6 Å². The molecule has 0 bridgehead atoms. The van der Waals surface area contributed by atoms with Gasteiger partial charge in [-0.2, -0.15) is 0 Å². The van der Waals surface area contributed by atoms with Gasteiger partial charge in [0.2, 0.25) is 5.91 Å². The fourth-order valence-corrected chi connectivity index (χ4v) is 3.34. The monoisotopic (exact) mass is 409 g/mol. The first-order chi connectivity index (χ1) is 14.4. The summed E-state index contributed by atoms with van der Waals surface area (Å²) < 4.78 is 5.11. The normalized spacial score (nSPS) is 12.6. The number of Topliss-reactive ketones (excluding diaryl/α,β-unsaturated/α-hetero) is 1. The smallest absolute Gasteiger partial charge is 0.308 e. The summed E-state index contributed by atoms with van der Waals surface area (Å²) in [4.78, 5) is 35.5. The third-order valence-electron chi connectivity index (χ3n) is 4.94. The average Bonchev–Trinajstić information content (AvgIpc) is 2.73. The Morgan fingerprint density at radius 2 is 1.57 bits per heavy atom. The summed E-state index contributed by atoms with van der Waals surface area (Å²) in [5.74, 6) is -0.781. The summed E-state index contributed by atoms with van der Waals surface area (Å²) in [6.07, 6.45) is 1.46. The Kier molecular flexibility index (Phi) is 9.26. The predicted octanol–water partition coefficient (Wildman–Crippen LogP) is 4.34. The zero-order chi connectivity index (χ0) is 21.9. The van der Waals surface area contributed by atoms with Crippen LogP contribution in [-0.4, -0.2) is 30.3 Å². The van der Waals surface area contributed by atoms with Gasteiger partial charge in [0.25, 0.3) is 0 Å². The third-order valence-corrected chi connectivity index (χ3v) is 4.94. The number of carbonyl (C=O) groups excluding carboxylic acids is 3. The van der Waals surface area contributed by atoms with E-state index >= 15 is 0 Å². The van der Waals surface area contributed by atoms with Crippen molar-refractivity contribution in [2.24, 2.45) is 5.92 Å². The molecule has 0 aliphatic carbocycles. The highest BCUT2D eigenvalue weighted by atomic mass is 16.5. The van der Waals surface area contributed by atoms with Crippen molar-refractivity contribution >= 4 is 17.7 Å². The molecule has 2 rings (SSSR count). The molecule has 0 aliphatic heterocycles. The van der Waals surface area contributed by atoms with Gasteiger partial charge >= 0.3 is 5.97 Å². The Balaban J connectivity index is 2.07. The molecule has 0 saturated heterocycles. The number of rotatable bonds is 11. The van der Waals surface area contributed by atoms with Gasteiger partial charge in [-0.3, -0.25) is 9.59 Å². The van der Waals surface area contributed by atoms with Crippen LogP contribution in [0.5, 0.6) is 0 Å². The van der Waals surface area contributed by atoms with Gasteiger partial charge < -0.3 is 14.8 Å². The summed E-state index contributed by atoms with van der Waals surface area (Å²) >= 11 is 0. The summed E-state index contributed by atoms with van der Waals surface area (Å²) in [6.45, 7) is 5.40. The molecule has 2 atom stereocenters. The minimum atomic E-state index is -0.327. The van der Waals surface area contributed by atoms with E-state index in [4.69, 9.17) is 4.74 Å². The molecular formula is C25H31NO4. The highest BCUT2D eigenvalue weighted by molar-refractivity contribution is 5.83. The molecule has 0 aromatic heterocycles. The van der Waals surface area contributed by atoms with Gasteiger partial charge in [0.1, 0.15) is 5.78 Å². The SMILES string of the molecule is CCOC(=O)[C@H](C)CC(Cc1ccc(-c2ccccc2)cc1)NC(=O)CCC(C)=O. The lowest BCUT2D eigenvalue weighted by Crippen LogP contribution is -2.39. The fraction of sp³-hybridized carbons (Fsp3) is 0.400. The van der Waals surface area contributed by atoms with Crippen LogP contribution in [0, 0.1) is 5.92 Å². The number of amides is 1. The summed E-state index contributed by atoms with van der Waals surface area (Å²) in [5.41, 5.74) is 3.35. The maximum absolute atomic E-state index is 12.3. The maximum Gasteiger partial charge on any atom is 0.308 e. The molecule has 1 N–H and O–H groups in total. The van der Waals surface area contributed by atoms with Crippen LogP contribution < -0.4 is 5.32 Å². The first-order valence-electron chi connectivity index (χ1n) is 10.5. The molecule has 5 nitrogen and oxygen atoms in total. The van der Waals surface area contributed by atoms with Crippen LogP contribution in [0.25, 0.3) is 11.1 Å². The number of nitrogens with one attached hydrogen (secondary N) is 1. The second-order valence-electron chi connectivity index (χ2n) is 7.62. The second-order valence-corrected chi connectivity index (χ2v) is 7.62. The number of hydrogen-bond donors (Lipinski definition) is 1. The minimum Gasteiger partial charge on any atom is -0.466 e. The topological polar surface area (TPSA) is 72.5 Å². The number of ketones is 1. The molecule has 0 aliphatic rings. The molecule has 0 fully saturated rings. The molecule has 0 heterocycles. The Labute approximate surface area is 178 Å². The Bertz CT molecular complexity index is 830. The number of esters is 1. The average molecular weight is 410 g/mol. The van der Waals surface area contributed by atoms with Gasteiger partial charge in [-0.25, -0.2) is 0 Å². The number of carbonyl (C=O) groups is 3. The molecule has 30 heavy (non-hydrogen) atoms. The lowest BCUT2D eigenvalue weighted by atomic mass is 9.94. The van der Waals surface area contributed by atoms with Crippen molar-refractivity contribution in [3.05, 3.63) is 60.2 Å². The van der Waals surface area contributed by atoms with Crippen LogP contribution in [-0.2, 0) is 25.5 Å². The molecular weight excluding hydrogens is 378 g/mol. The van der Waals surface area contributed by atoms with Crippen molar-refractivity contribution in [1.29, 1.82) is 0 Å². The summed E-state index contributed by atoms with van der Waals surface area (Å²) in [7, 11) is 0. The van der Waals surface area contributed by atoms with Crippen molar-refractivity contribution in [1.82, 2.24) is 5.32 Å². The van der Waals surface area contributed by atoms with E-state index in [1.807, 2.05) is 37.3 Å². The second kappa shape index (κ2) is 11.9. The summed E-state index contributed by atoms with van der Waals surface area (Å²) in [5, 5.41) is 3.00. The van der Waals surface area contributed by atoms with Crippen LogP contribution in [0.1, 0.15) is 45.6 Å². The van der Waals surface area contributed by atoms with E-state index in [0.717, 1.165) is 16.7 Å². The minimum absolute atomic E-state index is 0.0157. The van der Waals surface area contributed by atoms with Crippen molar-refractivity contribution < 1.29 is 19.1 Å². The Morgan fingerprint density at radius 1 is 0.933 bits per heavy atom. The van der Waals surface area contributed by atoms with Crippen LogP contribution in [0.15, 0.2) is 54.6 Å². The number of hydrogen-bond acceptors (Lipinski definition) is 4. The molecule has 160 valence electrons. The first kappa shape index (κ1) is 23.3. The van der Waals surface area contributed by atoms with Gasteiger partial charge in [0, 0.05) is 18.9 Å². The van der Waals surface area contributed by atoms with Crippen molar-refractivity contribution in [3.63, 3.8) is 0 Å². The van der Waals surface area contributed by atoms with Gasteiger partial charge in [-0.15, -0.1) is 0 Å². The zero-order valence-corrected chi connectivity index (χ0v) is 18.0. The van der Waals surface area contributed by atoms with E-state index in [9.17, 15) is 14.4 Å². The van der Waals surface area contributed by atoms with Crippen LogP contribution >= 0.6 is 0 Å². The van der Waals surface area contributed by atoms with Gasteiger partial charge in [0.05, 0.1) is 12.5 Å². The lowest BCUT2D eigenvalue weighted by molar-refractivity contribution is -0.148. The Morgan fingerprint density at radius 3 is 2.17 bits per heavy atom. The molecule has 0 saturated carbocycles. The first-order valence-corrected chi connectivity index (χ1v) is 10.5. The molecule has 5 heteroatoms. The van der Waals surface area contributed by atoms with E-state index in [-0.39, 0.29) is 42.5 Å². The molecule has 0 spiro atoms. The summed E-state index contributed by atoms with van der Waals surface area (Å²) in [6, 6.07) is 18.1. The van der Waals surface area contributed by atoms with E-state index < -0.39 is 0 Å². The molecule has 2 aromatic carbocycles. The van der Waals surface area contributed by atoms with Crippen molar-refractivity contribution in [2.45, 2.75) is 52.5 Å². The van der Waals surface area contributed by atoms with Crippen molar-refractivity contribution in [2.75, 3.05) is 6.61 Å². The van der Waals surface area contributed by atoms with Crippen molar-refractivity contribution in [3.8, 4) is 11.1 Å². The molecule has 0 radical (unpaired) electrons. The van der Waals surface area contributed by atoms with Gasteiger partial charge in [0.15, 0.2) is 0 Å².